The normalized spacial score (nSPS) is 20.2. The lowest BCUT2D eigenvalue weighted by molar-refractivity contribution is -0.122. The number of hydrogen-bond donors (Lipinski definition) is 1. The Hall–Kier alpha value is -2.46. The molecule has 0 bridgehead atoms. The molecule has 2 aliphatic heterocycles. The van der Waals surface area contributed by atoms with Gasteiger partial charge in [-0.25, -0.2) is 0 Å². The molecular weight excluding hydrogens is 274 g/mol. The summed E-state index contributed by atoms with van der Waals surface area (Å²) in [4.78, 5) is 15.8. The minimum absolute atomic E-state index is 0.102. The number of fused-ring (bicyclic) bond motifs is 1. The molecule has 6 nitrogen and oxygen atoms in total. The van der Waals surface area contributed by atoms with E-state index in [-0.39, 0.29) is 5.91 Å². The van der Waals surface area contributed by atoms with Crippen molar-refractivity contribution in [1.29, 1.82) is 5.26 Å². The summed E-state index contributed by atoms with van der Waals surface area (Å²) >= 11 is 1.30. The number of hydrogen-bond acceptors (Lipinski definition) is 6. The van der Waals surface area contributed by atoms with Crippen LogP contribution in [0, 0.1) is 11.3 Å². The molecule has 1 N–H and O–H groups in total. The Morgan fingerprint density at radius 1 is 1.35 bits per heavy atom. The van der Waals surface area contributed by atoms with Gasteiger partial charge in [0.05, 0.1) is 11.8 Å². The Kier molecular flexibility index (Phi) is 3.31. The van der Waals surface area contributed by atoms with Gasteiger partial charge in [-0.15, -0.1) is 0 Å². The maximum atomic E-state index is 12.4. The number of anilines is 1. The highest BCUT2D eigenvalue weighted by molar-refractivity contribution is 8.14. The van der Waals surface area contributed by atoms with Crippen LogP contribution in [0.15, 0.2) is 47.8 Å². The predicted molar refractivity (Wildman–Crippen MR) is 77.3 cm³/mol. The fourth-order valence-corrected chi connectivity index (χ4v) is 2.65. The van der Waals surface area contributed by atoms with Crippen LogP contribution in [0.4, 0.5) is 5.69 Å². The van der Waals surface area contributed by atoms with Gasteiger partial charge in [-0.3, -0.25) is 20.0 Å². The zero-order chi connectivity index (χ0) is 13.9. The molecule has 0 radical (unpaired) electrons. The van der Waals surface area contributed by atoms with Crippen LogP contribution >= 0.6 is 11.8 Å². The summed E-state index contributed by atoms with van der Waals surface area (Å²) in [5, 5.41) is 13.3. The summed E-state index contributed by atoms with van der Waals surface area (Å²) < 4.78 is 0. The summed E-state index contributed by atoms with van der Waals surface area (Å²) in [6.45, 7) is 0. The van der Waals surface area contributed by atoms with E-state index < -0.39 is 6.17 Å². The second-order valence-electron chi connectivity index (χ2n) is 4.12. The van der Waals surface area contributed by atoms with E-state index in [2.05, 4.69) is 10.5 Å². The summed E-state index contributed by atoms with van der Waals surface area (Å²) in [6.07, 6.45) is 2.97. The van der Waals surface area contributed by atoms with Crippen molar-refractivity contribution >= 4 is 28.5 Å². The standard InChI is InChI=1S/C13H11N5OS/c14-6-9-20-13-16-15-11-12(19)17(7-8-18(11)13)10-4-2-1-3-5-10/h1-5,7-8,11,15H,9H2. The van der Waals surface area contributed by atoms with E-state index in [0.29, 0.717) is 10.9 Å². The second-order valence-corrected chi connectivity index (χ2v) is 5.06. The molecule has 2 aliphatic rings. The molecule has 0 spiro atoms. The highest BCUT2D eigenvalue weighted by atomic mass is 32.2. The second kappa shape index (κ2) is 5.27. The maximum Gasteiger partial charge on any atom is 0.276 e. The van der Waals surface area contributed by atoms with Crippen LogP contribution in [0.25, 0.3) is 0 Å². The Morgan fingerprint density at radius 2 is 2.15 bits per heavy atom. The molecule has 0 fully saturated rings. The minimum atomic E-state index is -0.540. The van der Waals surface area contributed by atoms with Crippen molar-refractivity contribution in [3.8, 4) is 6.07 Å². The highest BCUT2D eigenvalue weighted by Crippen LogP contribution is 2.25. The van der Waals surface area contributed by atoms with Crippen molar-refractivity contribution in [2.24, 2.45) is 5.10 Å². The lowest BCUT2D eigenvalue weighted by Crippen LogP contribution is -2.52. The van der Waals surface area contributed by atoms with E-state index >= 15 is 0 Å². The van der Waals surface area contributed by atoms with Crippen molar-refractivity contribution in [1.82, 2.24) is 10.3 Å². The van der Waals surface area contributed by atoms with Gasteiger partial charge in [0.25, 0.3) is 5.91 Å². The van der Waals surface area contributed by atoms with E-state index in [1.54, 1.807) is 22.2 Å². The lowest BCUT2D eigenvalue weighted by atomic mass is 10.2. The third kappa shape index (κ3) is 2.10. The first kappa shape index (κ1) is 12.6. The van der Waals surface area contributed by atoms with Crippen LogP contribution in [0.3, 0.4) is 0 Å². The van der Waals surface area contributed by atoms with Gasteiger partial charge in [0.1, 0.15) is 0 Å². The Morgan fingerprint density at radius 3 is 2.90 bits per heavy atom. The minimum Gasteiger partial charge on any atom is -0.294 e. The van der Waals surface area contributed by atoms with Gasteiger partial charge in [-0.2, -0.15) is 10.4 Å². The van der Waals surface area contributed by atoms with Crippen LogP contribution < -0.4 is 10.3 Å². The number of thioether (sulfide) groups is 1. The van der Waals surface area contributed by atoms with Gasteiger partial charge in [-0.1, -0.05) is 30.0 Å². The molecular formula is C13H11N5OS. The third-order valence-corrected chi connectivity index (χ3v) is 3.76. The van der Waals surface area contributed by atoms with Gasteiger partial charge in [0.15, 0.2) is 5.17 Å². The third-order valence-electron chi connectivity index (χ3n) is 2.93. The average molecular weight is 285 g/mol. The first-order chi connectivity index (χ1) is 9.81. The SMILES string of the molecule is N#CCSC1=NNC2C(=O)N(c3ccccc3)C=CN12. The van der Waals surface area contributed by atoms with Crippen LogP contribution in [-0.4, -0.2) is 27.9 Å². The summed E-state index contributed by atoms with van der Waals surface area (Å²) in [5.74, 6) is 0.198. The highest BCUT2D eigenvalue weighted by Gasteiger charge is 2.38. The van der Waals surface area contributed by atoms with E-state index in [4.69, 9.17) is 5.26 Å². The van der Waals surface area contributed by atoms with Gasteiger partial charge >= 0.3 is 0 Å². The molecule has 7 heteroatoms. The largest absolute Gasteiger partial charge is 0.294 e. The van der Waals surface area contributed by atoms with Crippen molar-refractivity contribution < 1.29 is 4.79 Å². The van der Waals surface area contributed by atoms with Gasteiger partial charge in [0.2, 0.25) is 6.17 Å². The molecule has 2 heterocycles. The fourth-order valence-electron chi connectivity index (χ4n) is 2.02. The lowest BCUT2D eigenvalue weighted by Gasteiger charge is -2.31. The van der Waals surface area contributed by atoms with E-state index in [1.807, 2.05) is 36.4 Å². The van der Waals surface area contributed by atoms with Crippen molar-refractivity contribution in [2.75, 3.05) is 10.7 Å². The van der Waals surface area contributed by atoms with Crippen LogP contribution in [0.5, 0.6) is 0 Å². The monoisotopic (exact) mass is 285 g/mol. The van der Waals surface area contributed by atoms with Crippen molar-refractivity contribution in [3.05, 3.63) is 42.7 Å². The first-order valence-corrected chi connectivity index (χ1v) is 6.97. The average Bonchev–Trinajstić information content (AvgIpc) is 2.90. The zero-order valence-electron chi connectivity index (χ0n) is 10.4. The molecule has 20 heavy (non-hydrogen) atoms. The predicted octanol–water partition coefficient (Wildman–Crippen LogP) is 1.26. The van der Waals surface area contributed by atoms with Crippen LogP contribution in [0.1, 0.15) is 0 Å². The molecule has 1 aromatic rings. The number of nitrogens with zero attached hydrogens (tertiary/aromatic N) is 4. The first-order valence-electron chi connectivity index (χ1n) is 5.99. The Bertz CT molecular complexity index is 621. The number of amides is 1. The van der Waals surface area contributed by atoms with Gasteiger partial charge in [-0.05, 0) is 12.1 Å². The quantitative estimate of drug-likeness (QED) is 0.886. The molecule has 0 saturated carbocycles. The van der Waals surface area contributed by atoms with E-state index in [0.717, 1.165) is 5.69 Å². The number of rotatable bonds is 2. The van der Waals surface area contributed by atoms with E-state index in [1.165, 1.54) is 11.8 Å². The van der Waals surface area contributed by atoms with Gasteiger partial charge < -0.3 is 0 Å². The molecule has 1 aromatic carbocycles. The van der Waals surface area contributed by atoms with Crippen LogP contribution in [-0.2, 0) is 4.79 Å². The summed E-state index contributed by atoms with van der Waals surface area (Å²) in [5.41, 5.74) is 3.62. The maximum absolute atomic E-state index is 12.4. The van der Waals surface area contributed by atoms with Gasteiger partial charge in [0, 0.05) is 18.1 Å². The molecule has 0 aliphatic carbocycles. The molecule has 0 aromatic heterocycles. The molecule has 1 atom stereocenters. The molecule has 1 unspecified atom stereocenters. The zero-order valence-corrected chi connectivity index (χ0v) is 11.2. The number of benzene rings is 1. The molecule has 0 saturated heterocycles. The molecule has 1 amide bonds. The summed E-state index contributed by atoms with van der Waals surface area (Å²) in [6, 6.07) is 11.5. The van der Waals surface area contributed by atoms with Crippen LogP contribution in [0.2, 0.25) is 0 Å². The summed E-state index contributed by atoms with van der Waals surface area (Å²) in [7, 11) is 0. The van der Waals surface area contributed by atoms with E-state index in [9.17, 15) is 4.79 Å². The number of hydrazone groups is 1. The Balaban J connectivity index is 1.82. The molecule has 3 rings (SSSR count). The number of carbonyl (C=O) groups excluding carboxylic acids is 1. The van der Waals surface area contributed by atoms with Crippen molar-refractivity contribution in [3.63, 3.8) is 0 Å². The topological polar surface area (TPSA) is 71.7 Å². The number of nitrogens with one attached hydrogen (secondary N) is 1. The number of nitriles is 1. The fraction of sp³-hybridized carbons (Fsp3) is 0.154. The molecule has 100 valence electrons. The number of amidine groups is 1. The number of carbonyl (C=O) groups is 1. The Labute approximate surface area is 120 Å². The smallest absolute Gasteiger partial charge is 0.276 e. The number of para-hydroxylation sites is 1. The van der Waals surface area contributed by atoms with Crippen molar-refractivity contribution in [2.45, 2.75) is 6.17 Å².